The summed E-state index contributed by atoms with van der Waals surface area (Å²) in [6.45, 7) is 0. The van der Waals surface area contributed by atoms with Gasteiger partial charge in [0.2, 0.25) is 0 Å². The summed E-state index contributed by atoms with van der Waals surface area (Å²) in [4.78, 5) is 23.0. The smallest absolute Gasteiger partial charge is 0.337 e. The molecular formula is C13H14O6. The van der Waals surface area contributed by atoms with Gasteiger partial charge in [-0.1, -0.05) is 30.3 Å². The molecule has 102 valence electrons. The Morgan fingerprint density at radius 2 is 1.89 bits per heavy atom. The maximum Gasteiger partial charge on any atom is 0.337 e. The zero-order valence-corrected chi connectivity index (χ0v) is 10.2. The SMILES string of the molecule is COC(=O)[C@H](O)[C@@H](O)[C@@H]1O[C@H]1C(=O)c1ccccc1. The summed E-state index contributed by atoms with van der Waals surface area (Å²) in [6.07, 6.45) is -4.92. The third-order valence-electron chi connectivity index (χ3n) is 2.95. The van der Waals surface area contributed by atoms with Gasteiger partial charge in [0.15, 0.2) is 11.9 Å². The molecule has 1 aliphatic rings. The number of benzene rings is 1. The molecule has 0 aromatic heterocycles. The number of carbonyl (C=O) groups is 2. The van der Waals surface area contributed by atoms with Gasteiger partial charge in [0.25, 0.3) is 0 Å². The number of methoxy groups -OCH3 is 1. The number of carbonyl (C=O) groups excluding carboxylic acids is 2. The van der Waals surface area contributed by atoms with E-state index >= 15 is 0 Å². The van der Waals surface area contributed by atoms with Crippen LogP contribution >= 0.6 is 0 Å². The van der Waals surface area contributed by atoms with Crippen molar-refractivity contribution < 1.29 is 29.3 Å². The van der Waals surface area contributed by atoms with Crippen LogP contribution in [-0.2, 0) is 14.3 Å². The first-order chi connectivity index (χ1) is 9.06. The van der Waals surface area contributed by atoms with E-state index in [1.807, 2.05) is 0 Å². The minimum atomic E-state index is -1.72. The third kappa shape index (κ3) is 2.81. The van der Waals surface area contributed by atoms with Crippen LogP contribution in [0.2, 0.25) is 0 Å². The molecule has 1 aromatic rings. The first kappa shape index (κ1) is 13.7. The summed E-state index contributed by atoms with van der Waals surface area (Å²) < 4.78 is 9.35. The van der Waals surface area contributed by atoms with E-state index in [0.717, 1.165) is 7.11 Å². The van der Waals surface area contributed by atoms with Gasteiger partial charge in [0.1, 0.15) is 18.3 Å². The third-order valence-corrected chi connectivity index (χ3v) is 2.95. The fraction of sp³-hybridized carbons (Fsp3) is 0.385. The normalized spacial score (nSPS) is 24.4. The lowest BCUT2D eigenvalue weighted by Crippen LogP contribution is -2.39. The number of hydrogen-bond acceptors (Lipinski definition) is 6. The zero-order valence-electron chi connectivity index (χ0n) is 10.2. The molecular weight excluding hydrogens is 252 g/mol. The summed E-state index contributed by atoms with van der Waals surface area (Å²) >= 11 is 0. The summed E-state index contributed by atoms with van der Waals surface area (Å²) in [5, 5.41) is 19.1. The van der Waals surface area contributed by atoms with Gasteiger partial charge >= 0.3 is 5.97 Å². The van der Waals surface area contributed by atoms with Crippen molar-refractivity contribution in [2.24, 2.45) is 0 Å². The molecule has 19 heavy (non-hydrogen) atoms. The molecule has 2 rings (SSSR count). The number of rotatable bonds is 5. The quantitative estimate of drug-likeness (QED) is 0.425. The number of hydrogen-bond donors (Lipinski definition) is 2. The number of epoxide rings is 1. The van der Waals surface area contributed by atoms with Crippen LogP contribution in [0.5, 0.6) is 0 Å². The summed E-state index contributed by atoms with van der Waals surface area (Å²) in [5.41, 5.74) is 0.453. The average Bonchev–Trinajstić information content (AvgIpc) is 3.25. The lowest BCUT2D eigenvalue weighted by molar-refractivity contribution is -0.157. The monoisotopic (exact) mass is 266 g/mol. The maximum atomic E-state index is 11.9. The number of aliphatic hydroxyl groups excluding tert-OH is 2. The molecule has 6 nitrogen and oxygen atoms in total. The molecule has 1 aromatic carbocycles. The van der Waals surface area contributed by atoms with Crippen LogP contribution in [0.3, 0.4) is 0 Å². The Balaban J connectivity index is 1.97. The van der Waals surface area contributed by atoms with Gasteiger partial charge in [-0.05, 0) is 0 Å². The van der Waals surface area contributed by atoms with Gasteiger partial charge in [0, 0.05) is 5.56 Å². The molecule has 0 amide bonds. The maximum absolute atomic E-state index is 11.9. The van der Waals surface area contributed by atoms with Gasteiger partial charge < -0.3 is 19.7 Å². The van der Waals surface area contributed by atoms with Crippen molar-refractivity contribution in [3.63, 3.8) is 0 Å². The molecule has 1 saturated heterocycles. The number of esters is 1. The molecule has 0 saturated carbocycles. The van der Waals surface area contributed by atoms with Crippen LogP contribution in [0, 0.1) is 0 Å². The van der Waals surface area contributed by atoms with Crippen LogP contribution < -0.4 is 0 Å². The van der Waals surface area contributed by atoms with Gasteiger partial charge in [-0.3, -0.25) is 4.79 Å². The molecule has 0 radical (unpaired) electrons. The van der Waals surface area contributed by atoms with E-state index in [4.69, 9.17) is 4.74 Å². The van der Waals surface area contributed by atoms with E-state index in [0.29, 0.717) is 5.56 Å². The lowest BCUT2D eigenvalue weighted by atomic mass is 10.0. The van der Waals surface area contributed by atoms with Gasteiger partial charge in [-0.2, -0.15) is 0 Å². The van der Waals surface area contributed by atoms with E-state index in [-0.39, 0.29) is 5.78 Å². The summed E-state index contributed by atoms with van der Waals surface area (Å²) in [7, 11) is 1.10. The highest BCUT2D eigenvalue weighted by Crippen LogP contribution is 2.30. The lowest BCUT2D eigenvalue weighted by Gasteiger charge is -2.13. The number of ether oxygens (including phenoxy) is 2. The molecule has 4 atom stereocenters. The standard InChI is InChI=1S/C13H14O6/c1-18-13(17)10(16)9(15)12-11(19-12)8(14)7-5-3-2-4-6-7/h2-6,9-12,15-16H,1H3/t9-,10-,11+,12+/m1/s1. The highest BCUT2D eigenvalue weighted by molar-refractivity contribution is 6.01. The first-order valence-electron chi connectivity index (χ1n) is 5.75. The molecule has 1 fully saturated rings. The Kier molecular flexibility index (Phi) is 3.94. The number of Topliss-reactive ketones (excluding diaryl/α,β-unsaturated/α-hetero) is 1. The minimum absolute atomic E-state index is 0.290. The van der Waals surface area contributed by atoms with Gasteiger partial charge in [-0.25, -0.2) is 4.79 Å². The fourth-order valence-corrected chi connectivity index (χ4v) is 1.80. The minimum Gasteiger partial charge on any atom is -0.467 e. The first-order valence-corrected chi connectivity index (χ1v) is 5.75. The Labute approximate surface area is 109 Å². The molecule has 1 aliphatic heterocycles. The van der Waals surface area contributed by atoms with Crippen LogP contribution in [0.25, 0.3) is 0 Å². The van der Waals surface area contributed by atoms with Gasteiger partial charge in [-0.15, -0.1) is 0 Å². The van der Waals surface area contributed by atoms with Crippen LogP contribution in [0.15, 0.2) is 30.3 Å². The van der Waals surface area contributed by atoms with E-state index < -0.39 is 30.4 Å². The molecule has 0 spiro atoms. The molecule has 0 unspecified atom stereocenters. The van der Waals surface area contributed by atoms with Crippen LogP contribution in [-0.4, -0.2) is 53.5 Å². The molecule has 1 heterocycles. The predicted molar refractivity (Wildman–Crippen MR) is 63.5 cm³/mol. The largest absolute Gasteiger partial charge is 0.467 e. The van der Waals surface area contributed by atoms with E-state index in [9.17, 15) is 19.8 Å². The van der Waals surface area contributed by atoms with Crippen LogP contribution in [0.1, 0.15) is 10.4 Å². The van der Waals surface area contributed by atoms with Crippen molar-refractivity contribution in [2.75, 3.05) is 7.11 Å². The van der Waals surface area contributed by atoms with Crippen molar-refractivity contribution in [3.8, 4) is 0 Å². The second-order valence-corrected chi connectivity index (χ2v) is 4.21. The molecule has 6 heteroatoms. The Bertz CT molecular complexity index is 471. The van der Waals surface area contributed by atoms with Crippen LogP contribution in [0.4, 0.5) is 0 Å². The summed E-state index contributed by atoms with van der Waals surface area (Å²) in [5.74, 6) is -1.25. The predicted octanol–water partition coefficient (Wildman–Crippen LogP) is -0.469. The number of ketones is 1. The zero-order chi connectivity index (χ0) is 14.0. The number of aliphatic hydroxyl groups is 2. The Morgan fingerprint density at radius 3 is 2.47 bits per heavy atom. The topological polar surface area (TPSA) is 96.4 Å². The van der Waals surface area contributed by atoms with E-state index in [1.165, 1.54) is 0 Å². The highest BCUT2D eigenvalue weighted by atomic mass is 16.6. The molecule has 0 bridgehead atoms. The van der Waals surface area contributed by atoms with Crippen molar-refractivity contribution in [1.82, 2.24) is 0 Å². The molecule has 0 aliphatic carbocycles. The van der Waals surface area contributed by atoms with E-state index in [1.54, 1.807) is 30.3 Å². The Morgan fingerprint density at radius 1 is 1.26 bits per heavy atom. The average molecular weight is 266 g/mol. The summed E-state index contributed by atoms with van der Waals surface area (Å²) in [6, 6.07) is 8.46. The Hall–Kier alpha value is -1.76. The second kappa shape index (κ2) is 5.48. The van der Waals surface area contributed by atoms with Crippen molar-refractivity contribution in [1.29, 1.82) is 0 Å². The molecule has 2 N–H and O–H groups in total. The van der Waals surface area contributed by atoms with Crippen molar-refractivity contribution in [2.45, 2.75) is 24.4 Å². The highest BCUT2D eigenvalue weighted by Gasteiger charge is 2.52. The van der Waals surface area contributed by atoms with Gasteiger partial charge in [0.05, 0.1) is 7.11 Å². The van der Waals surface area contributed by atoms with Crippen molar-refractivity contribution in [3.05, 3.63) is 35.9 Å². The second-order valence-electron chi connectivity index (χ2n) is 4.21. The van der Waals surface area contributed by atoms with E-state index in [2.05, 4.69) is 4.74 Å². The van der Waals surface area contributed by atoms with Crippen molar-refractivity contribution >= 4 is 11.8 Å². The fourth-order valence-electron chi connectivity index (χ4n) is 1.80.